The van der Waals surface area contributed by atoms with Gasteiger partial charge in [0.25, 0.3) is 15.9 Å². The van der Waals surface area contributed by atoms with Crippen LogP contribution >= 0.6 is 0 Å². The summed E-state index contributed by atoms with van der Waals surface area (Å²) in [7, 11) is -3.77. The normalized spacial score (nSPS) is 10.8. The molecular formula is C15H16N4O3S. The van der Waals surface area contributed by atoms with Gasteiger partial charge in [-0.1, -0.05) is 23.8 Å². The molecule has 2 rings (SSSR count). The lowest BCUT2D eigenvalue weighted by Crippen LogP contribution is -2.23. The maximum Gasteiger partial charge on any atom is 0.264 e. The highest BCUT2D eigenvalue weighted by Crippen LogP contribution is 2.13. The number of hydrogen-bond donors (Lipinski definition) is 2. The summed E-state index contributed by atoms with van der Waals surface area (Å²) in [6.07, 6.45) is 4.04. The van der Waals surface area contributed by atoms with Gasteiger partial charge in [0, 0.05) is 18.9 Å². The summed E-state index contributed by atoms with van der Waals surface area (Å²) >= 11 is 0. The van der Waals surface area contributed by atoms with Crippen molar-refractivity contribution >= 4 is 21.9 Å². The fourth-order valence-electron chi connectivity index (χ4n) is 1.66. The minimum Gasteiger partial charge on any atom is -0.348 e. The predicted octanol–water partition coefficient (Wildman–Crippen LogP) is 1.50. The molecular weight excluding hydrogens is 316 g/mol. The molecule has 0 bridgehead atoms. The molecule has 0 aliphatic carbocycles. The lowest BCUT2D eigenvalue weighted by molar-refractivity contribution is 0.0957. The van der Waals surface area contributed by atoms with Gasteiger partial charge in [-0.25, -0.2) is 23.1 Å². The lowest BCUT2D eigenvalue weighted by Gasteiger charge is -2.07. The number of anilines is 1. The summed E-state index contributed by atoms with van der Waals surface area (Å²) in [5.41, 5.74) is 1.18. The minimum absolute atomic E-state index is 0.106. The first-order chi connectivity index (χ1) is 10.9. The van der Waals surface area contributed by atoms with E-state index in [9.17, 15) is 13.2 Å². The van der Waals surface area contributed by atoms with Crippen LogP contribution in [0.5, 0.6) is 0 Å². The highest BCUT2D eigenvalue weighted by Gasteiger charge is 2.15. The van der Waals surface area contributed by atoms with E-state index in [2.05, 4.69) is 26.6 Å². The third-order valence-electron chi connectivity index (χ3n) is 2.88. The summed E-state index contributed by atoms with van der Waals surface area (Å²) in [5.74, 6) is -0.469. The Bertz CT molecular complexity index is 800. The molecule has 0 aliphatic rings. The summed E-state index contributed by atoms with van der Waals surface area (Å²) in [5, 5.41) is 2.57. The van der Waals surface area contributed by atoms with Crippen LogP contribution in [-0.2, 0) is 10.0 Å². The van der Waals surface area contributed by atoms with E-state index in [0.717, 1.165) is 5.56 Å². The summed E-state index contributed by atoms with van der Waals surface area (Å²) in [6.45, 7) is 5.68. The van der Waals surface area contributed by atoms with Gasteiger partial charge in [0.05, 0.1) is 10.5 Å². The van der Waals surface area contributed by atoms with Crippen molar-refractivity contribution in [3.05, 3.63) is 60.4 Å². The van der Waals surface area contributed by atoms with E-state index in [1.54, 1.807) is 18.2 Å². The van der Waals surface area contributed by atoms with E-state index in [0.29, 0.717) is 6.54 Å². The average molecular weight is 332 g/mol. The first-order valence-corrected chi connectivity index (χ1v) is 8.21. The number of aromatic nitrogens is 2. The number of benzene rings is 1. The molecule has 7 nitrogen and oxygen atoms in total. The number of carbonyl (C=O) groups excluding carboxylic acids is 1. The number of rotatable bonds is 6. The Hall–Kier alpha value is -2.74. The second-order valence-electron chi connectivity index (χ2n) is 4.71. The maximum absolute atomic E-state index is 12.2. The quantitative estimate of drug-likeness (QED) is 0.781. The third-order valence-corrected chi connectivity index (χ3v) is 4.22. The zero-order chi connectivity index (χ0) is 16.9. The van der Waals surface area contributed by atoms with E-state index in [-0.39, 0.29) is 22.3 Å². The van der Waals surface area contributed by atoms with Crippen LogP contribution in [-0.4, -0.2) is 30.8 Å². The predicted molar refractivity (Wildman–Crippen MR) is 86.5 cm³/mol. The third kappa shape index (κ3) is 4.36. The van der Waals surface area contributed by atoms with Gasteiger partial charge in [-0.05, 0) is 19.1 Å². The van der Waals surface area contributed by atoms with Gasteiger partial charge in [-0.15, -0.1) is 6.58 Å². The van der Waals surface area contributed by atoms with Crippen LogP contribution < -0.4 is 10.0 Å². The molecule has 0 aliphatic heterocycles. The zero-order valence-electron chi connectivity index (χ0n) is 12.5. The molecule has 0 saturated carbocycles. The highest BCUT2D eigenvalue weighted by atomic mass is 32.2. The highest BCUT2D eigenvalue weighted by molar-refractivity contribution is 7.92. The fourth-order valence-corrected chi connectivity index (χ4v) is 2.62. The van der Waals surface area contributed by atoms with Crippen LogP contribution in [0.4, 0.5) is 5.95 Å². The number of amides is 1. The van der Waals surface area contributed by atoms with E-state index in [4.69, 9.17) is 0 Å². The van der Waals surface area contributed by atoms with Crippen molar-refractivity contribution in [2.45, 2.75) is 11.8 Å². The Morgan fingerprint density at radius 2 is 1.83 bits per heavy atom. The molecule has 23 heavy (non-hydrogen) atoms. The van der Waals surface area contributed by atoms with Crippen molar-refractivity contribution in [1.82, 2.24) is 15.3 Å². The Kier molecular flexibility index (Phi) is 5.07. The maximum atomic E-state index is 12.2. The van der Waals surface area contributed by atoms with Crippen LogP contribution in [0.15, 0.2) is 54.2 Å². The van der Waals surface area contributed by atoms with E-state index >= 15 is 0 Å². The number of nitrogens with zero attached hydrogens (tertiary/aromatic N) is 2. The fraction of sp³-hybridized carbons (Fsp3) is 0.133. The Labute approximate surface area is 134 Å². The smallest absolute Gasteiger partial charge is 0.264 e. The Balaban J connectivity index is 2.12. The second-order valence-corrected chi connectivity index (χ2v) is 6.40. The molecule has 0 atom stereocenters. The molecule has 120 valence electrons. The summed E-state index contributed by atoms with van der Waals surface area (Å²) < 4.78 is 26.6. The van der Waals surface area contributed by atoms with Crippen LogP contribution in [0, 0.1) is 6.92 Å². The number of nitrogens with one attached hydrogen (secondary N) is 2. The van der Waals surface area contributed by atoms with Crippen LogP contribution in [0.1, 0.15) is 15.9 Å². The van der Waals surface area contributed by atoms with Crippen molar-refractivity contribution in [3.8, 4) is 0 Å². The van der Waals surface area contributed by atoms with Crippen LogP contribution in [0.3, 0.4) is 0 Å². The summed E-state index contributed by atoms with van der Waals surface area (Å²) in [4.78, 5) is 19.5. The largest absolute Gasteiger partial charge is 0.348 e. The van der Waals surface area contributed by atoms with Gasteiger partial charge in [0.15, 0.2) is 0 Å². The Morgan fingerprint density at radius 3 is 2.39 bits per heavy atom. The molecule has 0 fully saturated rings. The molecule has 1 heterocycles. The zero-order valence-corrected chi connectivity index (χ0v) is 13.3. The first kappa shape index (κ1) is 16.6. The summed E-state index contributed by atoms with van der Waals surface area (Å²) in [6, 6.07) is 6.38. The number of hydrogen-bond acceptors (Lipinski definition) is 5. The Morgan fingerprint density at radius 1 is 1.22 bits per heavy atom. The first-order valence-electron chi connectivity index (χ1n) is 6.73. The molecule has 8 heteroatoms. The number of aryl methyl sites for hydroxylation is 1. The van der Waals surface area contributed by atoms with Gasteiger partial charge in [-0.3, -0.25) is 4.79 Å². The standard InChI is InChI=1S/C15H16N4O3S/c1-3-8-16-14(20)12-9-17-15(18-10-12)19-23(21,22)13-6-4-11(2)5-7-13/h3-7,9-10H,1,8H2,2H3,(H,16,20)(H,17,18,19). The monoisotopic (exact) mass is 332 g/mol. The van der Waals surface area contributed by atoms with Gasteiger partial charge in [-0.2, -0.15) is 0 Å². The van der Waals surface area contributed by atoms with E-state index in [1.807, 2.05) is 6.92 Å². The number of carbonyl (C=O) groups is 1. The van der Waals surface area contributed by atoms with Gasteiger partial charge < -0.3 is 5.32 Å². The van der Waals surface area contributed by atoms with Crippen LogP contribution in [0.25, 0.3) is 0 Å². The van der Waals surface area contributed by atoms with Gasteiger partial charge >= 0.3 is 0 Å². The van der Waals surface area contributed by atoms with Crippen molar-refractivity contribution in [3.63, 3.8) is 0 Å². The molecule has 2 N–H and O–H groups in total. The van der Waals surface area contributed by atoms with Gasteiger partial charge in [0.2, 0.25) is 5.95 Å². The molecule has 1 amide bonds. The lowest BCUT2D eigenvalue weighted by atomic mass is 10.2. The van der Waals surface area contributed by atoms with Crippen molar-refractivity contribution < 1.29 is 13.2 Å². The van der Waals surface area contributed by atoms with Crippen LogP contribution in [0.2, 0.25) is 0 Å². The molecule has 1 aromatic heterocycles. The molecule has 2 aromatic rings. The molecule has 0 radical (unpaired) electrons. The molecule has 0 spiro atoms. The number of sulfonamides is 1. The second kappa shape index (κ2) is 7.01. The van der Waals surface area contributed by atoms with Gasteiger partial charge in [0.1, 0.15) is 0 Å². The molecule has 0 unspecified atom stereocenters. The molecule has 0 saturated heterocycles. The molecule has 1 aromatic carbocycles. The van der Waals surface area contributed by atoms with Crippen molar-refractivity contribution in [1.29, 1.82) is 0 Å². The van der Waals surface area contributed by atoms with Crippen molar-refractivity contribution in [2.75, 3.05) is 11.3 Å². The SMILES string of the molecule is C=CCNC(=O)c1cnc(NS(=O)(=O)c2ccc(C)cc2)nc1. The topological polar surface area (TPSA) is 101 Å². The minimum atomic E-state index is -3.77. The van der Waals surface area contributed by atoms with Crippen molar-refractivity contribution in [2.24, 2.45) is 0 Å². The van der Waals surface area contributed by atoms with E-state index < -0.39 is 10.0 Å². The van der Waals surface area contributed by atoms with E-state index in [1.165, 1.54) is 24.5 Å². The average Bonchev–Trinajstić information content (AvgIpc) is 2.53.